The van der Waals surface area contributed by atoms with Crippen molar-refractivity contribution in [2.45, 2.75) is 11.4 Å². The van der Waals surface area contributed by atoms with Gasteiger partial charge in [-0.15, -0.1) is 11.3 Å². The fourth-order valence-corrected chi connectivity index (χ4v) is 4.58. The summed E-state index contributed by atoms with van der Waals surface area (Å²) in [5.41, 5.74) is 1.89. The van der Waals surface area contributed by atoms with E-state index in [4.69, 9.17) is 0 Å². The van der Waals surface area contributed by atoms with Gasteiger partial charge in [0, 0.05) is 30.0 Å². The Hall–Kier alpha value is -2.00. The van der Waals surface area contributed by atoms with Crippen molar-refractivity contribution in [3.05, 3.63) is 75.6 Å². The number of rotatable bonds is 6. The first-order chi connectivity index (χ1) is 13.3. The van der Waals surface area contributed by atoms with Crippen LogP contribution in [0.15, 0.2) is 70.0 Å². The van der Waals surface area contributed by atoms with Crippen LogP contribution in [0.4, 0.5) is 0 Å². The second-order valence-corrected chi connectivity index (χ2v) is 10.4. The van der Waals surface area contributed by atoms with E-state index >= 15 is 0 Å². The summed E-state index contributed by atoms with van der Waals surface area (Å²) < 4.78 is 26.4. The summed E-state index contributed by atoms with van der Waals surface area (Å²) in [7, 11) is -0.463. The van der Waals surface area contributed by atoms with E-state index in [-0.39, 0.29) is 10.8 Å². The first kappa shape index (κ1) is 20.7. The van der Waals surface area contributed by atoms with Crippen molar-refractivity contribution < 1.29 is 13.2 Å². The number of halogens is 1. The predicted octanol–water partition coefficient (Wildman–Crippen LogP) is 4.36. The second-order valence-electron chi connectivity index (χ2n) is 6.28. The van der Waals surface area contributed by atoms with Crippen LogP contribution in [0.5, 0.6) is 0 Å². The van der Waals surface area contributed by atoms with Gasteiger partial charge in [-0.2, -0.15) is 0 Å². The van der Waals surface area contributed by atoms with Gasteiger partial charge in [0.2, 0.25) is 10.0 Å². The summed E-state index contributed by atoms with van der Waals surface area (Å²) in [4.78, 5) is 14.3. The number of hydrogen-bond donors (Lipinski definition) is 1. The monoisotopic (exact) mass is 478 g/mol. The molecule has 0 saturated heterocycles. The fourth-order valence-electron chi connectivity index (χ4n) is 2.49. The van der Waals surface area contributed by atoms with E-state index in [1.54, 1.807) is 24.3 Å². The number of sulfonamides is 1. The molecule has 0 spiro atoms. The van der Waals surface area contributed by atoms with Gasteiger partial charge in [0.25, 0.3) is 5.91 Å². The van der Waals surface area contributed by atoms with Gasteiger partial charge in [-0.05, 0) is 47.5 Å². The molecule has 146 valence electrons. The first-order valence-electron chi connectivity index (χ1n) is 8.43. The summed E-state index contributed by atoms with van der Waals surface area (Å²) in [6.07, 6.45) is 0. The zero-order valence-corrected chi connectivity index (χ0v) is 18.6. The van der Waals surface area contributed by atoms with Gasteiger partial charge in [0.15, 0.2) is 0 Å². The zero-order chi connectivity index (χ0) is 20.3. The average molecular weight is 479 g/mol. The van der Waals surface area contributed by atoms with E-state index in [0.29, 0.717) is 11.4 Å². The van der Waals surface area contributed by atoms with E-state index in [2.05, 4.69) is 21.2 Å². The predicted molar refractivity (Wildman–Crippen MR) is 116 cm³/mol. The molecule has 0 radical (unpaired) electrons. The molecule has 28 heavy (non-hydrogen) atoms. The second kappa shape index (κ2) is 8.57. The SMILES string of the molecule is CN(C)S(=O)(=O)c1ccc(CNC(=O)c2ccc(-c3ccc(Br)cc3)s2)cc1. The molecule has 0 aliphatic rings. The lowest BCUT2D eigenvalue weighted by Gasteiger charge is -2.11. The van der Waals surface area contributed by atoms with Crippen molar-refractivity contribution in [2.24, 2.45) is 0 Å². The molecule has 5 nitrogen and oxygen atoms in total. The van der Waals surface area contributed by atoms with Crippen molar-refractivity contribution in [3.63, 3.8) is 0 Å². The minimum atomic E-state index is -3.45. The molecule has 0 atom stereocenters. The first-order valence-corrected chi connectivity index (χ1v) is 11.5. The Bertz CT molecular complexity index is 1070. The Labute approximate surface area is 177 Å². The largest absolute Gasteiger partial charge is 0.347 e. The molecule has 0 bridgehead atoms. The van der Waals surface area contributed by atoms with Crippen LogP contribution >= 0.6 is 27.3 Å². The Morgan fingerprint density at radius 2 is 1.64 bits per heavy atom. The number of carbonyl (C=O) groups excluding carboxylic acids is 1. The highest BCUT2D eigenvalue weighted by Gasteiger charge is 2.16. The van der Waals surface area contributed by atoms with Crippen LogP contribution in [0, 0.1) is 0 Å². The van der Waals surface area contributed by atoms with Gasteiger partial charge >= 0.3 is 0 Å². The van der Waals surface area contributed by atoms with Crippen molar-refractivity contribution in [3.8, 4) is 10.4 Å². The molecule has 1 N–H and O–H groups in total. The summed E-state index contributed by atoms with van der Waals surface area (Å²) in [5, 5.41) is 2.87. The topological polar surface area (TPSA) is 66.5 Å². The van der Waals surface area contributed by atoms with Crippen molar-refractivity contribution in [1.82, 2.24) is 9.62 Å². The van der Waals surface area contributed by atoms with Crippen LogP contribution in [-0.2, 0) is 16.6 Å². The maximum atomic E-state index is 12.4. The summed E-state index contributed by atoms with van der Waals surface area (Å²) >= 11 is 4.85. The molecular formula is C20H19BrN2O3S2. The zero-order valence-electron chi connectivity index (χ0n) is 15.3. The smallest absolute Gasteiger partial charge is 0.261 e. The minimum absolute atomic E-state index is 0.154. The normalized spacial score (nSPS) is 11.6. The van der Waals surface area contributed by atoms with Gasteiger partial charge in [0.05, 0.1) is 9.77 Å². The molecular weight excluding hydrogens is 460 g/mol. The van der Waals surface area contributed by atoms with Gasteiger partial charge in [-0.25, -0.2) is 12.7 Å². The van der Waals surface area contributed by atoms with Gasteiger partial charge in [0.1, 0.15) is 0 Å². The third-order valence-electron chi connectivity index (χ3n) is 4.11. The molecule has 0 unspecified atom stereocenters. The Morgan fingerprint density at radius 1 is 1.00 bits per heavy atom. The number of carbonyl (C=O) groups is 1. The Balaban J connectivity index is 1.64. The number of amides is 1. The lowest BCUT2D eigenvalue weighted by Crippen LogP contribution is -2.23. The molecule has 1 heterocycles. The highest BCUT2D eigenvalue weighted by Crippen LogP contribution is 2.29. The third-order valence-corrected chi connectivity index (χ3v) is 7.60. The molecule has 0 aliphatic heterocycles. The van der Waals surface area contributed by atoms with Crippen LogP contribution in [0.1, 0.15) is 15.2 Å². The van der Waals surface area contributed by atoms with E-state index in [1.165, 1.54) is 29.7 Å². The van der Waals surface area contributed by atoms with Crippen LogP contribution in [-0.4, -0.2) is 32.7 Å². The van der Waals surface area contributed by atoms with Crippen molar-refractivity contribution in [1.29, 1.82) is 0 Å². The molecule has 0 aliphatic carbocycles. The molecule has 1 amide bonds. The summed E-state index contributed by atoms with van der Waals surface area (Å²) in [6.45, 7) is 0.326. The van der Waals surface area contributed by atoms with Gasteiger partial charge in [-0.3, -0.25) is 4.79 Å². The molecule has 3 aromatic rings. The van der Waals surface area contributed by atoms with Crippen molar-refractivity contribution >= 4 is 43.2 Å². The number of thiophene rings is 1. The molecule has 0 saturated carbocycles. The molecule has 0 fully saturated rings. The van der Waals surface area contributed by atoms with Crippen LogP contribution in [0.25, 0.3) is 10.4 Å². The lowest BCUT2D eigenvalue weighted by atomic mass is 10.2. The van der Waals surface area contributed by atoms with Crippen molar-refractivity contribution in [2.75, 3.05) is 14.1 Å². The van der Waals surface area contributed by atoms with Gasteiger partial charge < -0.3 is 5.32 Å². The highest BCUT2D eigenvalue weighted by molar-refractivity contribution is 9.10. The minimum Gasteiger partial charge on any atom is -0.347 e. The number of benzene rings is 2. The quantitative estimate of drug-likeness (QED) is 0.572. The van der Waals surface area contributed by atoms with E-state index in [1.807, 2.05) is 36.4 Å². The van der Waals surface area contributed by atoms with Crippen LogP contribution < -0.4 is 5.32 Å². The summed E-state index contributed by atoms with van der Waals surface area (Å²) in [5.74, 6) is -0.154. The Kier molecular flexibility index (Phi) is 6.34. The standard InChI is InChI=1S/C20H19BrN2O3S2/c1-23(2)28(25,26)17-9-3-14(4-10-17)13-22-20(24)19-12-11-18(27-19)15-5-7-16(21)8-6-15/h3-12H,13H2,1-2H3,(H,22,24). The Morgan fingerprint density at radius 3 is 2.25 bits per heavy atom. The van der Waals surface area contributed by atoms with E-state index in [0.717, 1.165) is 20.5 Å². The molecule has 8 heteroatoms. The van der Waals surface area contributed by atoms with Crippen LogP contribution in [0.2, 0.25) is 0 Å². The average Bonchev–Trinajstić information content (AvgIpc) is 3.17. The lowest BCUT2D eigenvalue weighted by molar-refractivity contribution is 0.0955. The fraction of sp³-hybridized carbons (Fsp3) is 0.150. The maximum absolute atomic E-state index is 12.4. The summed E-state index contributed by atoms with van der Waals surface area (Å²) in [6, 6.07) is 18.2. The van der Waals surface area contributed by atoms with E-state index in [9.17, 15) is 13.2 Å². The highest BCUT2D eigenvalue weighted by atomic mass is 79.9. The third kappa shape index (κ3) is 4.70. The van der Waals surface area contributed by atoms with Crippen LogP contribution in [0.3, 0.4) is 0 Å². The number of nitrogens with zero attached hydrogens (tertiary/aromatic N) is 1. The molecule has 1 aromatic heterocycles. The number of nitrogens with one attached hydrogen (secondary N) is 1. The molecule has 2 aromatic carbocycles. The number of hydrogen-bond acceptors (Lipinski definition) is 4. The molecule has 3 rings (SSSR count). The van der Waals surface area contributed by atoms with Gasteiger partial charge in [-0.1, -0.05) is 40.2 Å². The van der Waals surface area contributed by atoms with E-state index < -0.39 is 10.0 Å². The maximum Gasteiger partial charge on any atom is 0.261 e.